The molecule has 0 aliphatic carbocycles. The topological polar surface area (TPSA) is 59.4 Å². The van der Waals surface area contributed by atoms with Crippen molar-refractivity contribution in [2.75, 3.05) is 12.9 Å². The summed E-state index contributed by atoms with van der Waals surface area (Å²) in [6.45, 7) is 4.07. The first-order valence-electron chi connectivity index (χ1n) is 5.32. The van der Waals surface area contributed by atoms with Gasteiger partial charge >= 0.3 is 5.97 Å². The van der Waals surface area contributed by atoms with Crippen LogP contribution < -0.4 is 0 Å². The first-order valence-corrected chi connectivity index (χ1v) is 6.30. The molecule has 0 aliphatic heterocycles. The van der Waals surface area contributed by atoms with Gasteiger partial charge in [0, 0.05) is 19.1 Å². The van der Waals surface area contributed by atoms with Crippen molar-refractivity contribution in [3.63, 3.8) is 0 Å². The van der Waals surface area contributed by atoms with Gasteiger partial charge in [-0.05, 0) is 32.4 Å². The second-order valence-corrected chi connectivity index (χ2v) is 5.37. The second-order valence-electron chi connectivity index (χ2n) is 4.25. The highest BCUT2D eigenvalue weighted by Crippen LogP contribution is 2.21. The molecule has 1 aromatic heterocycles. The number of rotatable bonds is 6. The fourth-order valence-electron chi connectivity index (χ4n) is 1.10. The summed E-state index contributed by atoms with van der Waals surface area (Å²) in [5.41, 5.74) is 0.0835. The Kier molecular flexibility index (Phi) is 4.96. The van der Waals surface area contributed by atoms with Crippen LogP contribution in [0.25, 0.3) is 0 Å². The molecule has 0 saturated heterocycles. The van der Waals surface area contributed by atoms with E-state index < -0.39 is 5.97 Å². The van der Waals surface area contributed by atoms with Gasteiger partial charge in [-0.3, -0.25) is 0 Å². The smallest absolute Gasteiger partial charge is 0.337 e. The van der Waals surface area contributed by atoms with E-state index in [0.717, 1.165) is 17.2 Å². The Morgan fingerprint density at radius 1 is 1.53 bits per heavy atom. The highest BCUT2D eigenvalue weighted by atomic mass is 32.2. The summed E-state index contributed by atoms with van der Waals surface area (Å²) in [5, 5.41) is 9.56. The average Bonchev–Trinajstić information content (AvgIpc) is 2.29. The predicted molar refractivity (Wildman–Crippen MR) is 67.6 cm³/mol. The molecule has 0 aromatic carbocycles. The molecule has 0 saturated carbocycles. The Labute approximate surface area is 105 Å². The van der Waals surface area contributed by atoms with Gasteiger partial charge in [0.1, 0.15) is 0 Å². The van der Waals surface area contributed by atoms with E-state index in [0.29, 0.717) is 0 Å². The van der Waals surface area contributed by atoms with Crippen LogP contribution in [0.15, 0.2) is 23.4 Å². The third-order valence-electron chi connectivity index (χ3n) is 2.49. The number of hydrogen-bond donors (Lipinski definition) is 1. The predicted octanol–water partition coefficient (Wildman–Crippen LogP) is 2.69. The Morgan fingerprint density at radius 2 is 2.24 bits per heavy atom. The van der Waals surface area contributed by atoms with Gasteiger partial charge in [0.25, 0.3) is 0 Å². The van der Waals surface area contributed by atoms with E-state index in [9.17, 15) is 4.79 Å². The van der Waals surface area contributed by atoms with Crippen LogP contribution in [-0.4, -0.2) is 34.5 Å². The van der Waals surface area contributed by atoms with Gasteiger partial charge < -0.3 is 9.84 Å². The molecule has 0 unspecified atom stereocenters. The van der Waals surface area contributed by atoms with Gasteiger partial charge in [0.05, 0.1) is 16.2 Å². The van der Waals surface area contributed by atoms with E-state index in [2.05, 4.69) is 4.98 Å². The molecule has 17 heavy (non-hydrogen) atoms. The summed E-state index contributed by atoms with van der Waals surface area (Å²) in [5.74, 6) is -0.0603. The standard InChI is InChI=1S/C12H17NO3S/c1-12(2,16-3)6-7-17-10-5-4-9(8-13-10)11(14)15/h4-5,8H,6-7H2,1-3H3,(H,14,15). The molecule has 1 rings (SSSR count). The molecule has 5 heteroatoms. The first-order chi connectivity index (χ1) is 7.94. The Balaban J connectivity index is 2.45. The SMILES string of the molecule is COC(C)(C)CCSc1ccc(C(=O)O)cn1. The van der Waals surface area contributed by atoms with Crippen LogP contribution in [0.3, 0.4) is 0 Å². The van der Waals surface area contributed by atoms with Crippen molar-refractivity contribution in [2.45, 2.75) is 30.9 Å². The number of aromatic nitrogens is 1. The minimum absolute atomic E-state index is 0.131. The Morgan fingerprint density at radius 3 is 2.71 bits per heavy atom. The molecule has 4 nitrogen and oxygen atoms in total. The van der Waals surface area contributed by atoms with E-state index in [1.54, 1.807) is 31.0 Å². The van der Waals surface area contributed by atoms with E-state index in [1.807, 2.05) is 13.8 Å². The molecule has 0 spiro atoms. The summed E-state index contributed by atoms with van der Waals surface area (Å²) in [6.07, 6.45) is 2.29. The van der Waals surface area contributed by atoms with Crippen molar-refractivity contribution >= 4 is 17.7 Å². The lowest BCUT2D eigenvalue weighted by atomic mass is 10.1. The monoisotopic (exact) mass is 255 g/mol. The van der Waals surface area contributed by atoms with Crippen molar-refractivity contribution in [3.05, 3.63) is 23.9 Å². The number of carboxylic acid groups (broad SMARTS) is 1. The van der Waals surface area contributed by atoms with Gasteiger partial charge in [-0.1, -0.05) is 0 Å². The molecule has 0 aliphatic rings. The molecule has 0 fully saturated rings. The van der Waals surface area contributed by atoms with E-state index >= 15 is 0 Å². The lowest BCUT2D eigenvalue weighted by Gasteiger charge is -2.22. The number of carboxylic acids is 1. The highest BCUT2D eigenvalue weighted by molar-refractivity contribution is 7.99. The molecule has 1 aromatic rings. The second kappa shape index (κ2) is 6.02. The van der Waals surface area contributed by atoms with Crippen molar-refractivity contribution in [2.24, 2.45) is 0 Å². The van der Waals surface area contributed by atoms with Gasteiger partial charge in [-0.2, -0.15) is 0 Å². The van der Waals surface area contributed by atoms with Gasteiger partial charge in [-0.15, -0.1) is 11.8 Å². The molecule has 0 atom stereocenters. The molecular formula is C12H17NO3S. The first kappa shape index (κ1) is 14.0. The van der Waals surface area contributed by atoms with Gasteiger partial charge in [0.15, 0.2) is 0 Å². The van der Waals surface area contributed by atoms with E-state index in [1.165, 1.54) is 6.20 Å². The average molecular weight is 255 g/mol. The molecule has 1 heterocycles. The van der Waals surface area contributed by atoms with Gasteiger partial charge in [-0.25, -0.2) is 9.78 Å². The van der Waals surface area contributed by atoms with Crippen LogP contribution in [0, 0.1) is 0 Å². The summed E-state index contributed by atoms with van der Waals surface area (Å²) in [7, 11) is 1.70. The number of nitrogens with zero attached hydrogens (tertiary/aromatic N) is 1. The molecule has 94 valence electrons. The third-order valence-corrected chi connectivity index (χ3v) is 3.44. The maximum atomic E-state index is 10.6. The lowest BCUT2D eigenvalue weighted by Crippen LogP contribution is -2.22. The maximum absolute atomic E-state index is 10.6. The summed E-state index contributed by atoms with van der Waals surface area (Å²) >= 11 is 1.60. The quantitative estimate of drug-likeness (QED) is 0.792. The maximum Gasteiger partial charge on any atom is 0.337 e. The zero-order chi connectivity index (χ0) is 12.9. The number of carbonyl (C=O) groups is 1. The number of pyridine rings is 1. The Bertz CT molecular complexity index is 376. The number of ether oxygens (including phenoxy) is 1. The molecule has 0 radical (unpaired) electrons. The van der Waals surface area contributed by atoms with Crippen molar-refractivity contribution < 1.29 is 14.6 Å². The molecule has 0 bridgehead atoms. The summed E-state index contributed by atoms with van der Waals surface area (Å²) in [6, 6.07) is 3.30. The number of aromatic carboxylic acids is 1. The number of methoxy groups -OCH3 is 1. The zero-order valence-electron chi connectivity index (χ0n) is 10.3. The highest BCUT2D eigenvalue weighted by Gasteiger charge is 2.15. The van der Waals surface area contributed by atoms with Crippen LogP contribution in [-0.2, 0) is 4.74 Å². The molecular weight excluding hydrogens is 238 g/mol. The zero-order valence-corrected chi connectivity index (χ0v) is 11.1. The fraction of sp³-hybridized carbons (Fsp3) is 0.500. The minimum atomic E-state index is -0.949. The van der Waals surface area contributed by atoms with E-state index in [4.69, 9.17) is 9.84 Å². The van der Waals surface area contributed by atoms with Crippen LogP contribution in [0.2, 0.25) is 0 Å². The Hall–Kier alpha value is -1.07. The number of thioether (sulfide) groups is 1. The van der Waals surface area contributed by atoms with Crippen LogP contribution in [0.4, 0.5) is 0 Å². The molecule has 1 N–H and O–H groups in total. The summed E-state index contributed by atoms with van der Waals surface area (Å²) < 4.78 is 5.31. The molecule has 0 amide bonds. The normalized spacial score (nSPS) is 11.5. The third kappa shape index (κ3) is 4.75. The number of hydrogen-bond acceptors (Lipinski definition) is 4. The van der Waals surface area contributed by atoms with Crippen molar-refractivity contribution in [3.8, 4) is 0 Å². The van der Waals surface area contributed by atoms with Crippen molar-refractivity contribution in [1.82, 2.24) is 4.98 Å². The summed E-state index contributed by atoms with van der Waals surface area (Å²) in [4.78, 5) is 14.7. The van der Waals surface area contributed by atoms with E-state index in [-0.39, 0.29) is 11.2 Å². The fourth-order valence-corrected chi connectivity index (χ4v) is 2.19. The largest absolute Gasteiger partial charge is 0.478 e. The van der Waals surface area contributed by atoms with Crippen molar-refractivity contribution in [1.29, 1.82) is 0 Å². The van der Waals surface area contributed by atoms with Crippen LogP contribution in [0.5, 0.6) is 0 Å². The van der Waals surface area contributed by atoms with Crippen LogP contribution >= 0.6 is 11.8 Å². The minimum Gasteiger partial charge on any atom is -0.478 e. The van der Waals surface area contributed by atoms with Gasteiger partial charge in [0.2, 0.25) is 0 Å². The lowest BCUT2D eigenvalue weighted by molar-refractivity contribution is 0.0206. The van der Waals surface area contributed by atoms with Crippen LogP contribution in [0.1, 0.15) is 30.6 Å².